The van der Waals surface area contributed by atoms with Crippen LogP contribution >= 0.6 is 0 Å². The van der Waals surface area contributed by atoms with Gasteiger partial charge in [-0.15, -0.1) is 0 Å². The van der Waals surface area contributed by atoms with Gasteiger partial charge in [0.05, 0.1) is 18.6 Å². The first-order valence-corrected chi connectivity index (χ1v) is 7.33. The van der Waals surface area contributed by atoms with Gasteiger partial charge in [-0.05, 0) is 52.6 Å². The van der Waals surface area contributed by atoms with Crippen molar-refractivity contribution in [2.75, 3.05) is 19.7 Å². The quantitative estimate of drug-likeness (QED) is 0.754. The number of likely N-dealkylation sites (tertiary alicyclic amines) is 1. The van der Waals surface area contributed by atoms with Gasteiger partial charge in [0.15, 0.2) is 0 Å². The third-order valence-electron chi connectivity index (χ3n) is 4.00. The molecule has 2 rings (SSSR count). The van der Waals surface area contributed by atoms with E-state index in [4.69, 9.17) is 4.74 Å². The van der Waals surface area contributed by atoms with E-state index in [-0.39, 0.29) is 23.8 Å². The van der Waals surface area contributed by atoms with E-state index in [1.165, 1.54) is 0 Å². The Balaban J connectivity index is 1.75. The Bertz CT molecular complexity index is 334. The number of piperidine rings is 1. The molecule has 5 heteroatoms. The first-order valence-electron chi connectivity index (χ1n) is 7.33. The smallest absolute Gasteiger partial charge is 0.309 e. The lowest BCUT2D eigenvalue weighted by Crippen LogP contribution is -2.49. The summed E-state index contributed by atoms with van der Waals surface area (Å²) in [5.74, 6) is 0.0456. The van der Waals surface area contributed by atoms with Crippen LogP contribution in [0, 0.1) is 5.92 Å². The largest absolute Gasteiger partial charge is 0.466 e. The van der Waals surface area contributed by atoms with Crippen molar-refractivity contribution in [3.05, 3.63) is 0 Å². The fourth-order valence-electron chi connectivity index (χ4n) is 2.50. The van der Waals surface area contributed by atoms with Crippen LogP contribution in [0.3, 0.4) is 0 Å². The first kappa shape index (κ1) is 14.3. The molecule has 1 unspecified atom stereocenters. The summed E-state index contributed by atoms with van der Waals surface area (Å²) in [5, 5.41) is 3.03. The van der Waals surface area contributed by atoms with Gasteiger partial charge in [0, 0.05) is 6.04 Å². The van der Waals surface area contributed by atoms with E-state index in [0.29, 0.717) is 12.6 Å². The average molecular weight is 268 g/mol. The molecule has 1 saturated carbocycles. The molecular formula is C14H24N2O3. The van der Waals surface area contributed by atoms with Gasteiger partial charge in [-0.2, -0.15) is 0 Å². The topological polar surface area (TPSA) is 58.6 Å². The highest BCUT2D eigenvalue weighted by atomic mass is 16.5. The van der Waals surface area contributed by atoms with E-state index in [0.717, 1.165) is 38.8 Å². The summed E-state index contributed by atoms with van der Waals surface area (Å²) < 4.78 is 5.05. The zero-order valence-electron chi connectivity index (χ0n) is 11.9. The Labute approximate surface area is 114 Å². The number of hydrogen-bond acceptors (Lipinski definition) is 4. The molecule has 108 valence electrons. The zero-order chi connectivity index (χ0) is 13.8. The summed E-state index contributed by atoms with van der Waals surface area (Å²) >= 11 is 0. The summed E-state index contributed by atoms with van der Waals surface area (Å²) in [5.41, 5.74) is 0. The summed E-state index contributed by atoms with van der Waals surface area (Å²) in [6.45, 7) is 5.81. The van der Waals surface area contributed by atoms with Crippen molar-refractivity contribution in [2.45, 2.75) is 51.6 Å². The van der Waals surface area contributed by atoms with Crippen molar-refractivity contribution in [1.82, 2.24) is 10.2 Å². The van der Waals surface area contributed by atoms with Gasteiger partial charge >= 0.3 is 5.97 Å². The Kier molecular flexibility index (Phi) is 4.80. The zero-order valence-corrected chi connectivity index (χ0v) is 11.9. The number of amides is 1. The van der Waals surface area contributed by atoms with E-state index in [1.54, 1.807) is 0 Å². The maximum Gasteiger partial charge on any atom is 0.309 e. The predicted molar refractivity (Wildman–Crippen MR) is 71.6 cm³/mol. The number of nitrogens with zero attached hydrogens (tertiary/aromatic N) is 1. The molecule has 1 saturated heterocycles. The lowest BCUT2D eigenvalue weighted by molar-refractivity contribution is -0.149. The molecule has 1 amide bonds. The minimum atomic E-state index is -0.0938. The minimum Gasteiger partial charge on any atom is -0.466 e. The van der Waals surface area contributed by atoms with Crippen LogP contribution in [0.1, 0.15) is 39.5 Å². The Morgan fingerprint density at radius 3 is 2.42 bits per heavy atom. The molecule has 19 heavy (non-hydrogen) atoms. The monoisotopic (exact) mass is 268 g/mol. The molecule has 0 bridgehead atoms. The molecule has 1 heterocycles. The van der Waals surface area contributed by atoms with Crippen LogP contribution in [0.5, 0.6) is 0 Å². The molecular weight excluding hydrogens is 244 g/mol. The molecule has 0 radical (unpaired) electrons. The number of nitrogens with one attached hydrogen (secondary N) is 1. The van der Waals surface area contributed by atoms with E-state index >= 15 is 0 Å². The second-order valence-electron chi connectivity index (χ2n) is 5.52. The maximum absolute atomic E-state index is 12.0. The molecule has 1 aliphatic carbocycles. The van der Waals surface area contributed by atoms with E-state index in [1.807, 2.05) is 13.8 Å². The lowest BCUT2D eigenvalue weighted by Gasteiger charge is -2.34. The maximum atomic E-state index is 12.0. The Morgan fingerprint density at radius 2 is 1.89 bits per heavy atom. The van der Waals surface area contributed by atoms with Gasteiger partial charge in [-0.3, -0.25) is 14.5 Å². The molecule has 5 nitrogen and oxygen atoms in total. The number of carbonyl (C=O) groups excluding carboxylic acids is 2. The van der Waals surface area contributed by atoms with Gasteiger partial charge in [0.1, 0.15) is 0 Å². The fourth-order valence-corrected chi connectivity index (χ4v) is 2.50. The fraction of sp³-hybridized carbons (Fsp3) is 0.857. The van der Waals surface area contributed by atoms with E-state index in [9.17, 15) is 9.59 Å². The highest BCUT2D eigenvalue weighted by molar-refractivity contribution is 5.82. The van der Waals surface area contributed by atoms with E-state index < -0.39 is 0 Å². The van der Waals surface area contributed by atoms with Crippen molar-refractivity contribution in [3.63, 3.8) is 0 Å². The number of carbonyl (C=O) groups is 2. The van der Waals surface area contributed by atoms with Crippen LogP contribution in [0.4, 0.5) is 0 Å². The number of rotatable bonds is 5. The number of hydrogen-bond donors (Lipinski definition) is 1. The van der Waals surface area contributed by atoms with Crippen molar-refractivity contribution < 1.29 is 14.3 Å². The Morgan fingerprint density at radius 1 is 1.26 bits per heavy atom. The highest BCUT2D eigenvalue weighted by Crippen LogP contribution is 2.22. The molecule has 0 spiro atoms. The minimum absolute atomic E-state index is 0.00916. The second-order valence-corrected chi connectivity index (χ2v) is 5.52. The number of ether oxygens (including phenoxy) is 1. The standard InChI is InChI=1S/C14H24N2O3/c1-3-19-14(18)11-6-8-16(9-7-11)10(2)13(17)15-12-4-5-12/h10-12H,3-9H2,1-2H3,(H,15,17). The molecule has 1 atom stereocenters. The van der Waals surface area contributed by atoms with Crippen molar-refractivity contribution in [3.8, 4) is 0 Å². The van der Waals surface area contributed by atoms with Gasteiger partial charge in [-0.1, -0.05) is 0 Å². The predicted octanol–water partition coefficient (Wildman–Crippen LogP) is 0.929. The van der Waals surface area contributed by atoms with Crippen LogP contribution < -0.4 is 5.32 Å². The van der Waals surface area contributed by atoms with E-state index in [2.05, 4.69) is 10.2 Å². The van der Waals surface area contributed by atoms with Crippen LogP contribution in [-0.2, 0) is 14.3 Å². The molecule has 0 aromatic rings. The SMILES string of the molecule is CCOC(=O)C1CCN(C(C)C(=O)NC2CC2)CC1. The van der Waals surface area contributed by atoms with Gasteiger partial charge in [0.25, 0.3) is 0 Å². The lowest BCUT2D eigenvalue weighted by atomic mass is 9.96. The molecule has 1 aliphatic heterocycles. The van der Waals surface area contributed by atoms with Crippen LogP contribution in [0.15, 0.2) is 0 Å². The average Bonchev–Trinajstić information content (AvgIpc) is 3.22. The molecule has 0 aromatic carbocycles. The molecule has 2 fully saturated rings. The van der Waals surface area contributed by atoms with Crippen LogP contribution in [-0.4, -0.2) is 48.6 Å². The van der Waals surface area contributed by atoms with Gasteiger partial charge in [-0.25, -0.2) is 0 Å². The summed E-state index contributed by atoms with van der Waals surface area (Å²) in [6, 6.07) is 0.316. The third-order valence-corrected chi connectivity index (χ3v) is 4.00. The molecule has 0 aromatic heterocycles. The summed E-state index contributed by atoms with van der Waals surface area (Å²) in [6.07, 6.45) is 3.81. The Hall–Kier alpha value is -1.10. The normalized spacial score (nSPS) is 22.8. The van der Waals surface area contributed by atoms with Crippen molar-refractivity contribution in [2.24, 2.45) is 5.92 Å². The van der Waals surface area contributed by atoms with Gasteiger partial charge in [0.2, 0.25) is 5.91 Å². The van der Waals surface area contributed by atoms with Crippen LogP contribution in [0.25, 0.3) is 0 Å². The second kappa shape index (κ2) is 6.37. The molecule has 1 N–H and O–H groups in total. The van der Waals surface area contributed by atoms with Gasteiger partial charge < -0.3 is 10.1 Å². The summed E-state index contributed by atoms with van der Waals surface area (Å²) in [4.78, 5) is 25.8. The number of esters is 1. The first-order chi connectivity index (χ1) is 9.11. The van der Waals surface area contributed by atoms with Crippen molar-refractivity contribution in [1.29, 1.82) is 0 Å². The van der Waals surface area contributed by atoms with Crippen LogP contribution in [0.2, 0.25) is 0 Å². The molecule has 2 aliphatic rings. The van der Waals surface area contributed by atoms with Crippen molar-refractivity contribution >= 4 is 11.9 Å². The summed E-state index contributed by atoms with van der Waals surface area (Å²) in [7, 11) is 0. The third kappa shape index (κ3) is 3.93. The highest BCUT2D eigenvalue weighted by Gasteiger charge is 2.32.